The van der Waals surface area contributed by atoms with Gasteiger partial charge in [-0.1, -0.05) is 0 Å². The van der Waals surface area contributed by atoms with Gasteiger partial charge in [-0.15, -0.1) is 0 Å². The smallest absolute Gasteiger partial charge is 0.258 e. The van der Waals surface area contributed by atoms with Crippen LogP contribution >= 0.6 is 0 Å². The molecule has 0 saturated heterocycles. The lowest BCUT2D eigenvalue weighted by atomic mass is 10.0. The highest BCUT2D eigenvalue weighted by Gasteiger charge is 2.24. The number of nitrogens with one attached hydrogen (secondary N) is 1. The predicted molar refractivity (Wildman–Crippen MR) is 111 cm³/mol. The zero-order chi connectivity index (χ0) is 21.5. The molecule has 1 aliphatic rings. The first-order valence-electron chi connectivity index (χ1n) is 9.57. The van der Waals surface area contributed by atoms with E-state index in [2.05, 4.69) is 14.7 Å². The normalized spacial score (nSPS) is 14.1. The Bertz CT molecular complexity index is 1290. The molecule has 0 amide bonds. The highest BCUT2D eigenvalue weighted by atomic mass is 32.2. The summed E-state index contributed by atoms with van der Waals surface area (Å²) in [6, 6.07) is 3.90. The Morgan fingerprint density at radius 3 is 2.77 bits per heavy atom. The van der Waals surface area contributed by atoms with E-state index in [-0.39, 0.29) is 23.0 Å². The van der Waals surface area contributed by atoms with Gasteiger partial charge in [0.2, 0.25) is 16.0 Å². The Kier molecular flexibility index (Phi) is 5.19. The number of aromatic nitrogens is 3. The van der Waals surface area contributed by atoms with Crippen LogP contribution in [0.4, 0.5) is 10.3 Å². The molecule has 1 saturated carbocycles. The number of anilines is 1. The van der Waals surface area contributed by atoms with Gasteiger partial charge >= 0.3 is 0 Å². The van der Waals surface area contributed by atoms with E-state index in [1.165, 1.54) is 42.1 Å². The second kappa shape index (κ2) is 7.67. The second-order valence-electron chi connectivity index (χ2n) is 7.32. The zero-order valence-electron chi connectivity index (χ0n) is 16.6. The molecule has 0 atom stereocenters. The third-order valence-corrected chi connectivity index (χ3v) is 6.21. The monoisotopic (exact) mass is 432 g/mol. The quantitative estimate of drug-likeness (QED) is 0.616. The van der Waals surface area contributed by atoms with E-state index in [9.17, 15) is 17.6 Å². The first-order chi connectivity index (χ1) is 14.3. The summed E-state index contributed by atoms with van der Waals surface area (Å²) in [5, 5.41) is 0.677. The molecule has 0 radical (unpaired) electrons. The van der Waals surface area contributed by atoms with Crippen molar-refractivity contribution in [3.63, 3.8) is 0 Å². The number of aryl methyl sites for hydroxylation is 1. The van der Waals surface area contributed by atoms with Crippen LogP contribution in [0.1, 0.15) is 19.8 Å². The molecule has 2 heterocycles. The molecule has 1 aliphatic carbocycles. The molecule has 1 fully saturated rings. The maximum absolute atomic E-state index is 14.0. The fourth-order valence-electron chi connectivity index (χ4n) is 3.05. The lowest BCUT2D eigenvalue weighted by Gasteiger charge is -2.15. The van der Waals surface area contributed by atoms with Crippen LogP contribution in [0, 0.1) is 11.7 Å². The summed E-state index contributed by atoms with van der Waals surface area (Å²) in [5.41, 5.74) is 0.442. The van der Waals surface area contributed by atoms with Gasteiger partial charge in [0.05, 0.1) is 18.6 Å². The van der Waals surface area contributed by atoms with Gasteiger partial charge in [0.1, 0.15) is 11.5 Å². The molecule has 158 valence electrons. The minimum atomic E-state index is -3.60. The lowest BCUT2D eigenvalue weighted by Crippen LogP contribution is -2.18. The molecule has 1 N–H and O–H groups in total. The van der Waals surface area contributed by atoms with Gasteiger partial charge in [0.25, 0.3) is 5.56 Å². The van der Waals surface area contributed by atoms with Gasteiger partial charge < -0.3 is 9.30 Å². The number of pyridine rings is 1. The maximum Gasteiger partial charge on any atom is 0.258 e. The van der Waals surface area contributed by atoms with E-state index in [1.807, 2.05) is 0 Å². The summed E-state index contributed by atoms with van der Waals surface area (Å²) in [5.74, 6) is 0.0398. The molecule has 10 heteroatoms. The highest BCUT2D eigenvalue weighted by Crippen LogP contribution is 2.35. The van der Waals surface area contributed by atoms with Crippen LogP contribution in [0.15, 0.2) is 35.4 Å². The van der Waals surface area contributed by atoms with E-state index in [4.69, 9.17) is 4.74 Å². The van der Waals surface area contributed by atoms with Crippen LogP contribution in [0.3, 0.4) is 0 Å². The first-order valence-corrected chi connectivity index (χ1v) is 11.2. The number of ether oxygens (including phenoxy) is 1. The number of benzene rings is 1. The van der Waals surface area contributed by atoms with Crippen molar-refractivity contribution in [2.75, 3.05) is 17.1 Å². The third kappa shape index (κ3) is 4.13. The number of hydrogen-bond acceptors (Lipinski definition) is 6. The number of rotatable bonds is 7. The van der Waals surface area contributed by atoms with Crippen molar-refractivity contribution in [1.29, 1.82) is 0 Å². The SMILES string of the molecule is CCS(=O)(=O)Nc1ncc(OCC2CC2)c(-c2cn(C)c(=O)c3ccc(F)cc23)n1. The van der Waals surface area contributed by atoms with Crippen LogP contribution in [-0.2, 0) is 17.1 Å². The fraction of sp³-hybridized carbons (Fsp3) is 0.350. The molecule has 2 aromatic heterocycles. The third-order valence-electron chi connectivity index (χ3n) is 4.95. The van der Waals surface area contributed by atoms with Gasteiger partial charge in [0, 0.05) is 29.6 Å². The van der Waals surface area contributed by atoms with E-state index in [0.29, 0.717) is 34.6 Å². The Morgan fingerprint density at radius 1 is 1.30 bits per heavy atom. The van der Waals surface area contributed by atoms with Crippen molar-refractivity contribution in [2.24, 2.45) is 13.0 Å². The second-order valence-corrected chi connectivity index (χ2v) is 9.33. The summed E-state index contributed by atoms with van der Waals surface area (Å²) >= 11 is 0. The van der Waals surface area contributed by atoms with Gasteiger partial charge in [0.15, 0.2) is 5.75 Å². The van der Waals surface area contributed by atoms with Crippen LogP contribution in [0.5, 0.6) is 5.75 Å². The van der Waals surface area contributed by atoms with Crippen LogP contribution < -0.4 is 15.0 Å². The van der Waals surface area contributed by atoms with E-state index in [0.717, 1.165) is 12.8 Å². The minimum Gasteiger partial charge on any atom is -0.489 e. The van der Waals surface area contributed by atoms with E-state index >= 15 is 0 Å². The van der Waals surface area contributed by atoms with Crippen molar-refractivity contribution in [3.05, 3.63) is 46.8 Å². The number of fused-ring (bicyclic) bond motifs is 1. The Hall–Kier alpha value is -3.01. The maximum atomic E-state index is 14.0. The molecule has 0 aliphatic heterocycles. The number of halogens is 1. The number of hydrogen-bond donors (Lipinski definition) is 1. The van der Waals surface area contributed by atoms with Crippen molar-refractivity contribution < 1.29 is 17.5 Å². The number of sulfonamides is 1. The van der Waals surface area contributed by atoms with Gasteiger partial charge in [-0.3, -0.25) is 9.52 Å². The van der Waals surface area contributed by atoms with Crippen LogP contribution in [0.25, 0.3) is 22.0 Å². The Morgan fingerprint density at radius 2 is 2.07 bits per heavy atom. The molecule has 3 aromatic rings. The summed E-state index contributed by atoms with van der Waals surface area (Å²) in [6.45, 7) is 1.98. The van der Waals surface area contributed by atoms with Crippen LogP contribution in [-0.4, -0.2) is 35.3 Å². The van der Waals surface area contributed by atoms with Crippen molar-refractivity contribution >= 4 is 26.7 Å². The zero-order valence-corrected chi connectivity index (χ0v) is 17.4. The molecule has 30 heavy (non-hydrogen) atoms. The average Bonchev–Trinajstić information content (AvgIpc) is 3.54. The average molecular weight is 432 g/mol. The Labute approximate surface area is 172 Å². The van der Waals surface area contributed by atoms with Gasteiger partial charge in [-0.2, -0.15) is 0 Å². The minimum absolute atomic E-state index is 0.121. The molecule has 1 aromatic carbocycles. The number of nitrogens with zero attached hydrogens (tertiary/aromatic N) is 3. The van der Waals surface area contributed by atoms with Gasteiger partial charge in [-0.05, 0) is 43.9 Å². The molecule has 0 unspecified atom stereocenters. The summed E-state index contributed by atoms with van der Waals surface area (Å²) < 4.78 is 47.5. The van der Waals surface area contributed by atoms with Crippen molar-refractivity contribution in [3.8, 4) is 17.0 Å². The highest BCUT2D eigenvalue weighted by molar-refractivity contribution is 7.92. The largest absolute Gasteiger partial charge is 0.489 e. The molecule has 4 rings (SSSR count). The summed E-state index contributed by atoms with van der Waals surface area (Å²) in [4.78, 5) is 20.9. The summed E-state index contributed by atoms with van der Waals surface area (Å²) in [6.07, 6.45) is 5.10. The van der Waals surface area contributed by atoms with Gasteiger partial charge in [-0.25, -0.2) is 22.8 Å². The van der Waals surface area contributed by atoms with E-state index < -0.39 is 15.8 Å². The first kappa shape index (κ1) is 20.3. The Balaban J connectivity index is 1.91. The van der Waals surface area contributed by atoms with E-state index in [1.54, 1.807) is 7.05 Å². The molecular weight excluding hydrogens is 411 g/mol. The van der Waals surface area contributed by atoms with Crippen LogP contribution in [0.2, 0.25) is 0 Å². The molecule has 8 nitrogen and oxygen atoms in total. The summed E-state index contributed by atoms with van der Waals surface area (Å²) in [7, 11) is -2.01. The standard InChI is InChI=1S/C20H21FN4O4S/c1-3-30(27,28)24-20-22-9-17(29-11-12-4-5-12)18(23-20)16-10-25(2)19(26)14-7-6-13(21)8-15(14)16/h6-10,12H,3-5,11H2,1-2H3,(H,22,23,24). The van der Waals surface area contributed by atoms with Crippen molar-refractivity contribution in [1.82, 2.24) is 14.5 Å². The lowest BCUT2D eigenvalue weighted by molar-refractivity contribution is 0.299. The predicted octanol–water partition coefficient (Wildman–Crippen LogP) is 2.69. The fourth-order valence-corrected chi connectivity index (χ4v) is 3.57. The topological polar surface area (TPSA) is 103 Å². The molecule has 0 spiro atoms. The molecule has 0 bridgehead atoms. The molecular formula is C20H21FN4O4S. The van der Waals surface area contributed by atoms with Crippen molar-refractivity contribution in [2.45, 2.75) is 19.8 Å².